The van der Waals surface area contributed by atoms with E-state index in [9.17, 15) is 9.59 Å². The lowest BCUT2D eigenvalue weighted by Crippen LogP contribution is -2.66. The van der Waals surface area contributed by atoms with Gasteiger partial charge < -0.3 is 0 Å². The Balaban J connectivity index is 1.55. The summed E-state index contributed by atoms with van der Waals surface area (Å²) in [5.74, 6) is 3.44. The quantitative estimate of drug-likeness (QED) is 0.332. The number of rotatable bonds is 2. The van der Waals surface area contributed by atoms with Crippen molar-refractivity contribution in [1.29, 1.82) is 0 Å². The average molecular weight is 439 g/mol. The van der Waals surface area contributed by atoms with E-state index in [1.54, 1.807) is 0 Å². The molecule has 0 bridgehead atoms. The normalized spacial score (nSPS) is 54.1. The van der Waals surface area contributed by atoms with Crippen molar-refractivity contribution >= 4 is 12.1 Å². The molecule has 2 heteroatoms. The van der Waals surface area contributed by atoms with Crippen molar-refractivity contribution in [1.82, 2.24) is 0 Å². The van der Waals surface area contributed by atoms with Gasteiger partial charge in [0, 0.05) is 11.8 Å². The highest BCUT2D eigenvalue weighted by Gasteiger charge is 2.70. The van der Waals surface area contributed by atoms with Gasteiger partial charge in [-0.3, -0.25) is 9.59 Å². The Bertz CT molecular complexity index is 855. The van der Waals surface area contributed by atoms with Crippen LogP contribution in [0.4, 0.5) is 0 Å². The first-order valence-corrected chi connectivity index (χ1v) is 13.5. The second-order valence-corrected chi connectivity index (χ2v) is 14.3. The van der Waals surface area contributed by atoms with Crippen molar-refractivity contribution in [3.63, 3.8) is 0 Å². The Kier molecular flexibility index (Phi) is 4.87. The molecule has 9 atom stereocenters. The fraction of sp³-hybridized carbons (Fsp3) is 0.867. The third-order valence-corrected chi connectivity index (χ3v) is 13.2. The molecule has 0 aromatic carbocycles. The summed E-state index contributed by atoms with van der Waals surface area (Å²) in [6.07, 6.45) is 13.1. The van der Waals surface area contributed by atoms with Crippen molar-refractivity contribution in [2.45, 2.75) is 106 Å². The van der Waals surface area contributed by atoms with Crippen LogP contribution < -0.4 is 0 Å². The van der Waals surface area contributed by atoms with E-state index >= 15 is 0 Å². The van der Waals surface area contributed by atoms with Gasteiger partial charge in [0.15, 0.2) is 0 Å². The predicted molar refractivity (Wildman–Crippen MR) is 130 cm³/mol. The summed E-state index contributed by atoms with van der Waals surface area (Å²) in [7, 11) is 0. The Morgan fingerprint density at radius 2 is 1.56 bits per heavy atom. The molecular weight excluding hydrogens is 392 g/mol. The molecule has 5 rings (SSSR count). The van der Waals surface area contributed by atoms with Crippen LogP contribution in [0, 0.1) is 56.7 Å². The number of hydrogen-bond donors (Lipinski definition) is 0. The molecular formula is C30H46O2. The third kappa shape index (κ3) is 2.59. The molecule has 5 saturated carbocycles. The van der Waals surface area contributed by atoms with Gasteiger partial charge in [-0.1, -0.05) is 48.1 Å². The van der Waals surface area contributed by atoms with E-state index in [0.717, 1.165) is 31.1 Å². The minimum absolute atomic E-state index is 0.171. The zero-order valence-corrected chi connectivity index (χ0v) is 21.6. The number of hydrogen-bond acceptors (Lipinski definition) is 2. The number of allylic oxidation sites excluding steroid dienone is 1. The second kappa shape index (κ2) is 6.82. The molecule has 0 aromatic rings. The molecule has 0 amide bonds. The number of carbonyl (C=O) groups is 2. The van der Waals surface area contributed by atoms with E-state index in [1.165, 1.54) is 44.9 Å². The Morgan fingerprint density at radius 1 is 0.844 bits per heavy atom. The Morgan fingerprint density at radius 3 is 2.25 bits per heavy atom. The zero-order valence-electron chi connectivity index (χ0n) is 21.6. The van der Waals surface area contributed by atoms with Crippen LogP contribution in [-0.2, 0) is 9.59 Å². The minimum atomic E-state index is -0.171. The first-order valence-electron chi connectivity index (χ1n) is 13.5. The van der Waals surface area contributed by atoms with Gasteiger partial charge in [0.05, 0.1) is 0 Å². The number of fused-ring (bicyclic) bond motifs is 7. The summed E-state index contributed by atoms with van der Waals surface area (Å²) in [4.78, 5) is 24.7. The van der Waals surface area contributed by atoms with E-state index < -0.39 is 0 Å². The maximum atomic E-state index is 12.9. The molecule has 0 saturated heterocycles. The first kappa shape index (κ1) is 22.9. The van der Waals surface area contributed by atoms with Crippen molar-refractivity contribution in [2.75, 3.05) is 0 Å². The summed E-state index contributed by atoms with van der Waals surface area (Å²) >= 11 is 0. The molecule has 178 valence electrons. The molecule has 0 aliphatic heterocycles. The predicted octanol–water partition coefficient (Wildman–Crippen LogP) is 7.41. The molecule has 0 N–H and O–H groups in total. The number of carbonyl (C=O) groups excluding carboxylic acids is 2. The van der Waals surface area contributed by atoms with Crippen LogP contribution in [0.15, 0.2) is 12.2 Å². The summed E-state index contributed by atoms with van der Waals surface area (Å²) in [5, 5.41) is 0. The Hall–Kier alpha value is -0.920. The van der Waals surface area contributed by atoms with E-state index in [-0.39, 0.29) is 10.8 Å². The lowest BCUT2D eigenvalue weighted by atomic mass is 9.32. The molecule has 0 heterocycles. The Labute approximate surface area is 196 Å². The lowest BCUT2D eigenvalue weighted by molar-refractivity contribution is -0.232. The van der Waals surface area contributed by atoms with Gasteiger partial charge in [0.2, 0.25) is 0 Å². The molecule has 0 radical (unpaired) electrons. The first-order chi connectivity index (χ1) is 14.8. The van der Waals surface area contributed by atoms with Gasteiger partial charge in [-0.25, -0.2) is 0 Å². The van der Waals surface area contributed by atoms with E-state index in [1.807, 2.05) is 0 Å². The lowest BCUT2D eigenvalue weighted by Gasteiger charge is -2.72. The van der Waals surface area contributed by atoms with Crippen molar-refractivity contribution < 1.29 is 9.59 Å². The van der Waals surface area contributed by atoms with Gasteiger partial charge in [0.25, 0.3) is 0 Å². The monoisotopic (exact) mass is 438 g/mol. The maximum Gasteiger partial charge on any atom is 0.145 e. The van der Waals surface area contributed by atoms with Crippen LogP contribution in [0.25, 0.3) is 0 Å². The van der Waals surface area contributed by atoms with Gasteiger partial charge in [0.1, 0.15) is 12.1 Å². The molecule has 2 nitrogen and oxygen atoms in total. The highest BCUT2D eigenvalue weighted by molar-refractivity contribution is 5.85. The number of ketones is 1. The maximum absolute atomic E-state index is 12.9. The molecule has 5 fully saturated rings. The SMILES string of the molecule is C=C(C=O)[C@@H]1CC[C@]2(C)CC[C@]3(C)[C@H](CC[C@@H]4[C@@]5(C)CCC(=O)C(C)(C)[C@@H]5CC[C@]43C)[C@@H]12. The number of aldehydes is 1. The van der Waals surface area contributed by atoms with Crippen molar-refractivity contribution in [2.24, 2.45) is 56.7 Å². The van der Waals surface area contributed by atoms with Crippen LogP contribution in [0.5, 0.6) is 0 Å². The van der Waals surface area contributed by atoms with Crippen LogP contribution in [-0.4, -0.2) is 12.1 Å². The van der Waals surface area contributed by atoms with Crippen LogP contribution in [0.3, 0.4) is 0 Å². The molecule has 0 unspecified atom stereocenters. The fourth-order valence-corrected chi connectivity index (χ4v) is 11.2. The van der Waals surface area contributed by atoms with Gasteiger partial charge in [-0.05, 0) is 115 Å². The average Bonchev–Trinajstić information content (AvgIpc) is 3.09. The van der Waals surface area contributed by atoms with E-state index in [4.69, 9.17) is 0 Å². The molecule has 32 heavy (non-hydrogen) atoms. The topological polar surface area (TPSA) is 34.1 Å². The van der Waals surface area contributed by atoms with Gasteiger partial charge in [-0.15, -0.1) is 0 Å². The largest absolute Gasteiger partial charge is 0.299 e. The van der Waals surface area contributed by atoms with Crippen LogP contribution >= 0.6 is 0 Å². The van der Waals surface area contributed by atoms with Crippen LogP contribution in [0.1, 0.15) is 106 Å². The highest BCUT2D eigenvalue weighted by Crippen LogP contribution is 2.77. The standard InChI is InChI=1S/C30H46O2/c1-19(18-31)20-10-13-27(4)16-17-29(6)21(25(20)27)8-9-23-28(5)14-12-24(32)26(2,3)22(28)11-15-30(23,29)7/h18,20-23,25H,1,8-17H2,2-7H3/t20-,21+,22-,23+,25+,27+,28-,29+,30+/m0/s1. The second-order valence-electron chi connectivity index (χ2n) is 14.3. The fourth-order valence-electron chi connectivity index (χ4n) is 11.2. The van der Waals surface area contributed by atoms with E-state index in [0.29, 0.717) is 51.6 Å². The summed E-state index contributed by atoms with van der Waals surface area (Å²) in [6, 6.07) is 0. The summed E-state index contributed by atoms with van der Waals surface area (Å²) < 4.78 is 0. The van der Waals surface area contributed by atoms with Crippen molar-refractivity contribution in [3.8, 4) is 0 Å². The van der Waals surface area contributed by atoms with Gasteiger partial charge in [-0.2, -0.15) is 0 Å². The summed E-state index contributed by atoms with van der Waals surface area (Å²) in [5.41, 5.74) is 2.00. The molecule has 0 aromatic heterocycles. The molecule has 5 aliphatic carbocycles. The highest BCUT2D eigenvalue weighted by atomic mass is 16.1. The smallest absolute Gasteiger partial charge is 0.145 e. The zero-order chi connectivity index (χ0) is 23.3. The van der Waals surface area contributed by atoms with Crippen molar-refractivity contribution in [3.05, 3.63) is 12.2 Å². The van der Waals surface area contributed by atoms with Gasteiger partial charge >= 0.3 is 0 Å². The number of Topliss-reactive ketones (excluding diaryl/α,β-unsaturated/α-hetero) is 1. The molecule has 5 aliphatic rings. The van der Waals surface area contributed by atoms with E-state index in [2.05, 4.69) is 48.1 Å². The van der Waals surface area contributed by atoms with Crippen LogP contribution in [0.2, 0.25) is 0 Å². The third-order valence-electron chi connectivity index (χ3n) is 13.2. The minimum Gasteiger partial charge on any atom is -0.299 e. The summed E-state index contributed by atoms with van der Waals surface area (Å²) in [6.45, 7) is 19.1. The molecule has 0 spiro atoms.